The van der Waals surface area contributed by atoms with Gasteiger partial charge in [-0.2, -0.15) is 0 Å². The molecule has 0 saturated heterocycles. The standard InChI is InChI=1S/C13H14FN3OS/c1-9-8-19-13(16-9)17-12(18)15-7-6-10-2-4-11(14)5-3-10/h2-5,8H,6-7H2,1H3,(H2,15,16,17,18). The predicted octanol–water partition coefficient (Wildman–Crippen LogP) is 2.95. The molecule has 0 aliphatic carbocycles. The van der Waals surface area contributed by atoms with Gasteiger partial charge < -0.3 is 5.32 Å². The van der Waals surface area contributed by atoms with Crippen molar-refractivity contribution in [3.8, 4) is 0 Å². The van der Waals surface area contributed by atoms with Crippen LogP contribution in [-0.2, 0) is 6.42 Å². The average Bonchev–Trinajstić information content (AvgIpc) is 2.77. The van der Waals surface area contributed by atoms with Gasteiger partial charge in [-0.25, -0.2) is 14.2 Å². The minimum Gasteiger partial charge on any atom is -0.337 e. The largest absolute Gasteiger partial charge is 0.337 e. The van der Waals surface area contributed by atoms with Crippen LogP contribution in [0.3, 0.4) is 0 Å². The zero-order valence-electron chi connectivity index (χ0n) is 10.4. The summed E-state index contributed by atoms with van der Waals surface area (Å²) in [6.07, 6.45) is 0.657. The predicted molar refractivity (Wildman–Crippen MR) is 74.0 cm³/mol. The average molecular weight is 279 g/mol. The van der Waals surface area contributed by atoms with Crippen LogP contribution < -0.4 is 10.6 Å². The lowest BCUT2D eigenvalue weighted by molar-refractivity contribution is 0.252. The number of halogens is 1. The maximum absolute atomic E-state index is 12.7. The highest BCUT2D eigenvalue weighted by atomic mass is 32.1. The van der Waals surface area contributed by atoms with Crippen molar-refractivity contribution in [1.82, 2.24) is 10.3 Å². The van der Waals surface area contributed by atoms with Crippen LogP contribution in [0.1, 0.15) is 11.3 Å². The number of thiazole rings is 1. The van der Waals surface area contributed by atoms with E-state index in [9.17, 15) is 9.18 Å². The van der Waals surface area contributed by atoms with Gasteiger partial charge in [0, 0.05) is 11.9 Å². The second-order valence-corrected chi connectivity index (χ2v) is 4.91. The van der Waals surface area contributed by atoms with E-state index in [4.69, 9.17) is 0 Å². The summed E-state index contributed by atoms with van der Waals surface area (Å²) in [7, 11) is 0. The maximum atomic E-state index is 12.7. The lowest BCUT2D eigenvalue weighted by Crippen LogP contribution is -2.30. The van der Waals surface area contributed by atoms with Crippen LogP contribution in [0.25, 0.3) is 0 Å². The summed E-state index contributed by atoms with van der Waals surface area (Å²) in [5, 5.41) is 7.83. The van der Waals surface area contributed by atoms with Crippen LogP contribution in [0.5, 0.6) is 0 Å². The molecule has 6 heteroatoms. The first kappa shape index (κ1) is 13.5. The molecule has 19 heavy (non-hydrogen) atoms. The molecule has 1 aromatic heterocycles. The fourth-order valence-corrected chi connectivity index (χ4v) is 2.21. The second kappa shape index (κ2) is 6.29. The minimum atomic E-state index is -0.281. The Balaban J connectivity index is 1.73. The van der Waals surface area contributed by atoms with Crippen LogP contribution in [0.4, 0.5) is 14.3 Å². The van der Waals surface area contributed by atoms with Crippen molar-refractivity contribution in [3.05, 3.63) is 46.7 Å². The van der Waals surface area contributed by atoms with Gasteiger partial charge in [0.25, 0.3) is 0 Å². The minimum absolute atomic E-state index is 0.256. The van der Waals surface area contributed by atoms with Gasteiger partial charge in [-0.15, -0.1) is 11.3 Å². The first-order valence-corrected chi connectivity index (χ1v) is 6.73. The lowest BCUT2D eigenvalue weighted by atomic mass is 10.1. The Morgan fingerprint density at radius 3 is 2.74 bits per heavy atom. The summed E-state index contributed by atoms with van der Waals surface area (Å²) in [4.78, 5) is 15.7. The molecular formula is C13H14FN3OS. The second-order valence-electron chi connectivity index (χ2n) is 4.05. The number of nitrogens with zero attached hydrogens (tertiary/aromatic N) is 1. The van der Waals surface area contributed by atoms with E-state index in [1.807, 2.05) is 12.3 Å². The van der Waals surface area contributed by atoms with E-state index in [0.29, 0.717) is 18.1 Å². The van der Waals surface area contributed by atoms with Gasteiger partial charge in [0.1, 0.15) is 5.82 Å². The molecule has 0 aliphatic rings. The Morgan fingerprint density at radius 2 is 2.11 bits per heavy atom. The summed E-state index contributed by atoms with van der Waals surface area (Å²) in [6, 6.07) is 5.95. The topological polar surface area (TPSA) is 54.0 Å². The molecule has 0 fully saturated rings. The molecule has 2 aromatic rings. The molecule has 0 atom stereocenters. The number of urea groups is 1. The monoisotopic (exact) mass is 279 g/mol. The number of amides is 2. The summed E-state index contributed by atoms with van der Waals surface area (Å²) in [6.45, 7) is 2.36. The number of hydrogen-bond donors (Lipinski definition) is 2. The summed E-state index contributed by atoms with van der Waals surface area (Å²) in [5.41, 5.74) is 1.86. The molecule has 4 nitrogen and oxygen atoms in total. The Bertz CT molecular complexity index is 553. The number of hydrogen-bond acceptors (Lipinski definition) is 3. The third-order valence-electron chi connectivity index (χ3n) is 2.45. The number of anilines is 1. The number of benzene rings is 1. The smallest absolute Gasteiger partial charge is 0.321 e. The molecule has 2 N–H and O–H groups in total. The first-order chi connectivity index (χ1) is 9.13. The van der Waals surface area contributed by atoms with Crippen LogP contribution >= 0.6 is 11.3 Å². The van der Waals surface area contributed by atoms with Crippen molar-refractivity contribution < 1.29 is 9.18 Å². The zero-order valence-corrected chi connectivity index (χ0v) is 11.3. The Morgan fingerprint density at radius 1 is 1.37 bits per heavy atom. The van der Waals surface area contributed by atoms with Crippen molar-refractivity contribution >= 4 is 22.5 Å². The number of nitrogens with one attached hydrogen (secondary N) is 2. The quantitative estimate of drug-likeness (QED) is 0.904. The number of carbonyl (C=O) groups excluding carboxylic acids is 1. The van der Waals surface area contributed by atoms with E-state index >= 15 is 0 Å². The molecule has 0 bridgehead atoms. The molecule has 0 aliphatic heterocycles. The molecule has 0 spiro atoms. The Labute approximate surface area is 114 Å². The Hall–Kier alpha value is -1.95. The highest BCUT2D eigenvalue weighted by Gasteiger charge is 2.04. The van der Waals surface area contributed by atoms with Crippen molar-refractivity contribution in [2.24, 2.45) is 0 Å². The molecule has 0 unspecified atom stereocenters. The number of aromatic nitrogens is 1. The summed E-state index contributed by atoms with van der Waals surface area (Å²) < 4.78 is 12.7. The van der Waals surface area contributed by atoms with E-state index in [1.54, 1.807) is 12.1 Å². The van der Waals surface area contributed by atoms with Crippen LogP contribution in [0.2, 0.25) is 0 Å². The molecule has 0 saturated carbocycles. The fraction of sp³-hybridized carbons (Fsp3) is 0.231. The normalized spacial score (nSPS) is 10.2. The zero-order chi connectivity index (χ0) is 13.7. The molecule has 1 heterocycles. The van der Waals surface area contributed by atoms with Gasteiger partial charge in [0.05, 0.1) is 5.69 Å². The van der Waals surface area contributed by atoms with Crippen LogP contribution in [0, 0.1) is 12.7 Å². The van der Waals surface area contributed by atoms with Gasteiger partial charge in [-0.1, -0.05) is 12.1 Å². The summed E-state index contributed by atoms with van der Waals surface area (Å²) in [5.74, 6) is -0.256. The van der Waals surface area contributed by atoms with Crippen molar-refractivity contribution in [1.29, 1.82) is 0 Å². The lowest BCUT2D eigenvalue weighted by Gasteiger charge is -2.05. The van der Waals surface area contributed by atoms with Crippen LogP contribution in [0.15, 0.2) is 29.6 Å². The van der Waals surface area contributed by atoms with Gasteiger partial charge >= 0.3 is 6.03 Å². The van der Waals surface area contributed by atoms with Crippen molar-refractivity contribution in [3.63, 3.8) is 0 Å². The SMILES string of the molecule is Cc1csc(NC(=O)NCCc2ccc(F)cc2)n1. The molecular weight excluding hydrogens is 265 g/mol. The molecule has 100 valence electrons. The van der Waals surface area contributed by atoms with E-state index in [-0.39, 0.29) is 11.8 Å². The molecule has 2 amide bonds. The van der Waals surface area contributed by atoms with E-state index in [2.05, 4.69) is 15.6 Å². The van der Waals surface area contributed by atoms with Gasteiger partial charge in [-0.3, -0.25) is 5.32 Å². The number of carbonyl (C=O) groups is 1. The van der Waals surface area contributed by atoms with E-state index in [1.165, 1.54) is 23.5 Å². The fourth-order valence-electron chi connectivity index (χ4n) is 1.52. The van der Waals surface area contributed by atoms with Crippen molar-refractivity contribution in [2.75, 3.05) is 11.9 Å². The number of aryl methyl sites for hydroxylation is 1. The third kappa shape index (κ3) is 4.33. The van der Waals surface area contributed by atoms with E-state index < -0.39 is 0 Å². The third-order valence-corrected chi connectivity index (χ3v) is 3.33. The molecule has 2 rings (SSSR count). The van der Waals surface area contributed by atoms with Gasteiger partial charge in [0.15, 0.2) is 5.13 Å². The maximum Gasteiger partial charge on any atom is 0.321 e. The highest BCUT2D eigenvalue weighted by Crippen LogP contribution is 2.13. The van der Waals surface area contributed by atoms with E-state index in [0.717, 1.165) is 11.3 Å². The molecule has 0 radical (unpaired) electrons. The molecule has 1 aromatic carbocycles. The van der Waals surface area contributed by atoms with Gasteiger partial charge in [-0.05, 0) is 31.0 Å². The first-order valence-electron chi connectivity index (χ1n) is 5.85. The number of rotatable bonds is 4. The Kier molecular flexibility index (Phi) is 4.46. The highest BCUT2D eigenvalue weighted by molar-refractivity contribution is 7.13. The van der Waals surface area contributed by atoms with Gasteiger partial charge in [0.2, 0.25) is 0 Å². The van der Waals surface area contributed by atoms with Crippen molar-refractivity contribution in [2.45, 2.75) is 13.3 Å². The van der Waals surface area contributed by atoms with Crippen LogP contribution in [-0.4, -0.2) is 17.6 Å². The summed E-state index contributed by atoms with van der Waals surface area (Å²) >= 11 is 1.38.